The number of rotatable bonds is 6. The summed E-state index contributed by atoms with van der Waals surface area (Å²) in [7, 11) is 0. The summed E-state index contributed by atoms with van der Waals surface area (Å²) in [6, 6.07) is 0. The Morgan fingerprint density at radius 2 is 1.72 bits per heavy atom. The van der Waals surface area contributed by atoms with E-state index in [4.69, 9.17) is 15.3 Å². The zero-order chi connectivity index (χ0) is 14.1. The van der Waals surface area contributed by atoms with E-state index in [0.717, 1.165) is 19.3 Å². The fourth-order valence-electron chi connectivity index (χ4n) is 1.28. The average molecular weight is 485 g/mol. The smallest absolute Gasteiger partial charge is 0.306 e. The molecule has 0 amide bonds. The Labute approximate surface area is 135 Å². The largest absolute Gasteiger partial charge is 0.536 e. The number of aliphatic hydroxyl groups excluding tert-OH is 1. The number of hydrogen-bond donors (Lipinski definition) is 3. The van der Waals surface area contributed by atoms with Gasteiger partial charge in [0.05, 0.1) is 5.92 Å². The molecule has 0 bridgehead atoms. The van der Waals surface area contributed by atoms with E-state index in [9.17, 15) is 4.79 Å². The normalized spacial score (nSPS) is 12.2. The van der Waals surface area contributed by atoms with Crippen LogP contribution in [0, 0.1) is 48.7 Å². The van der Waals surface area contributed by atoms with Crippen molar-refractivity contribution >= 4 is 5.97 Å². The number of carboxylic acid groups (broad SMARTS) is 1. The van der Waals surface area contributed by atoms with E-state index in [2.05, 4.69) is 20.8 Å². The van der Waals surface area contributed by atoms with Gasteiger partial charge in [-0.1, -0.05) is 53.8 Å². The molecule has 0 aliphatic carbocycles. The van der Waals surface area contributed by atoms with Crippen LogP contribution in [-0.2, 0) is 4.79 Å². The summed E-state index contributed by atoms with van der Waals surface area (Å²) in [5.74, 6) is -0.906. The molecule has 0 fully saturated rings. The van der Waals surface area contributed by atoms with Crippen LogP contribution in [0.5, 0.6) is 0 Å². The van der Waals surface area contributed by atoms with Crippen LogP contribution < -0.4 is 0 Å². The molecule has 0 aromatic rings. The maximum atomic E-state index is 10.5. The standard InChI is InChI=1S/C9H18O2.C4H9O2.U/c1-5-9(3,4)6-7(2)8(10)11;1-2-3-4(5)6;/h7H,5-6H2,1-4H3,(H,10,11);5-6H,2-3H2,1H3;/q;-1;. The zero-order valence-electron chi connectivity index (χ0n) is 12.2. The molecule has 1 atom stereocenters. The van der Waals surface area contributed by atoms with Gasteiger partial charge >= 0.3 is 5.97 Å². The molecule has 5 heteroatoms. The van der Waals surface area contributed by atoms with Gasteiger partial charge in [-0.15, -0.1) is 6.42 Å². The van der Waals surface area contributed by atoms with Gasteiger partial charge in [0.15, 0.2) is 0 Å². The minimum absolute atomic E-state index is 0. The molecule has 0 rings (SSSR count). The monoisotopic (exact) mass is 485 g/mol. The number of carboxylic acids is 1. The van der Waals surface area contributed by atoms with Gasteiger partial charge in [0.25, 0.3) is 0 Å². The van der Waals surface area contributed by atoms with E-state index in [1.807, 2.05) is 6.92 Å². The van der Waals surface area contributed by atoms with Crippen LogP contribution in [0.2, 0.25) is 0 Å². The maximum absolute atomic E-state index is 10.5. The topological polar surface area (TPSA) is 77.8 Å². The second-order valence-electron chi connectivity index (χ2n) is 5.13. The molecular weight excluding hydrogens is 458 g/mol. The van der Waals surface area contributed by atoms with Crippen molar-refractivity contribution in [3.05, 3.63) is 6.29 Å². The summed E-state index contributed by atoms with van der Waals surface area (Å²) in [5.41, 5.74) is 0.164. The van der Waals surface area contributed by atoms with Crippen molar-refractivity contribution in [2.75, 3.05) is 0 Å². The fraction of sp³-hybridized carbons (Fsp3) is 0.846. The SMILES string of the molecule is CCC(C)(C)CC(C)C(=O)O.CCC[C-](O)O.[U]. The molecule has 3 N–H and O–H groups in total. The minimum atomic E-state index is -0.688. The van der Waals surface area contributed by atoms with E-state index in [-0.39, 0.29) is 42.4 Å². The molecule has 0 aliphatic rings. The number of aliphatic hydroxyl groups is 2. The molecule has 18 heavy (non-hydrogen) atoms. The third kappa shape index (κ3) is 16.4. The third-order valence-corrected chi connectivity index (χ3v) is 2.71. The Bertz CT molecular complexity index is 205. The Kier molecular flexibility index (Phi) is 16.3. The van der Waals surface area contributed by atoms with Crippen molar-refractivity contribution in [1.82, 2.24) is 0 Å². The van der Waals surface area contributed by atoms with Crippen molar-refractivity contribution < 1.29 is 51.2 Å². The summed E-state index contributed by atoms with van der Waals surface area (Å²) in [6.07, 6.45) is 2.53. The number of hydrogen-bond acceptors (Lipinski definition) is 3. The Balaban J connectivity index is -0.000000277. The molecule has 0 aromatic carbocycles. The van der Waals surface area contributed by atoms with E-state index < -0.39 is 12.3 Å². The Morgan fingerprint density at radius 3 is 1.89 bits per heavy atom. The summed E-state index contributed by atoms with van der Waals surface area (Å²) in [5, 5.41) is 24.7. The quantitative estimate of drug-likeness (QED) is 0.503. The predicted molar refractivity (Wildman–Crippen MR) is 67.5 cm³/mol. The van der Waals surface area contributed by atoms with Crippen LogP contribution in [0.4, 0.5) is 0 Å². The van der Waals surface area contributed by atoms with Gasteiger partial charge in [-0.05, 0) is 11.8 Å². The first-order valence-corrected chi connectivity index (χ1v) is 6.12. The van der Waals surface area contributed by atoms with Crippen molar-refractivity contribution in [2.45, 2.75) is 60.3 Å². The summed E-state index contributed by atoms with van der Waals surface area (Å²) >= 11 is 0. The molecule has 0 saturated carbocycles. The zero-order valence-corrected chi connectivity index (χ0v) is 16.3. The Morgan fingerprint density at radius 1 is 1.28 bits per heavy atom. The minimum Gasteiger partial charge on any atom is -0.536 e. The molecular formula is C13H27O4U-. The van der Waals surface area contributed by atoms with Gasteiger partial charge in [0, 0.05) is 31.1 Å². The first-order valence-electron chi connectivity index (χ1n) is 6.12. The second-order valence-corrected chi connectivity index (χ2v) is 5.13. The molecule has 4 nitrogen and oxygen atoms in total. The van der Waals surface area contributed by atoms with Gasteiger partial charge in [-0.2, -0.15) is 0 Å². The molecule has 1 unspecified atom stereocenters. The fourth-order valence-corrected chi connectivity index (χ4v) is 1.28. The molecule has 0 aromatic heterocycles. The Hall–Kier alpha value is 0.442. The summed E-state index contributed by atoms with van der Waals surface area (Å²) in [4.78, 5) is 10.5. The van der Waals surface area contributed by atoms with Gasteiger partial charge in [-0.25, -0.2) is 0 Å². The van der Waals surface area contributed by atoms with Crippen LogP contribution >= 0.6 is 0 Å². The van der Waals surface area contributed by atoms with Crippen LogP contribution in [0.1, 0.15) is 60.3 Å². The van der Waals surface area contributed by atoms with Gasteiger partial charge in [0.1, 0.15) is 0 Å². The van der Waals surface area contributed by atoms with Crippen LogP contribution in [0.3, 0.4) is 0 Å². The molecule has 0 spiro atoms. The molecule has 0 heterocycles. The van der Waals surface area contributed by atoms with Crippen LogP contribution in [-0.4, -0.2) is 21.3 Å². The van der Waals surface area contributed by atoms with E-state index in [1.165, 1.54) is 0 Å². The summed E-state index contributed by atoms with van der Waals surface area (Å²) in [6.45, 7) is 9.94. The average Bonchev–Trinajstić information content (AvgIpc) is 2.17. The second kappa shape index (κ2) is 12.5. The third-order valence-electron chi connectivity index (χ3n) is 2.71. The first-order chi connectivity index (χ1) is 7.66. The molecule has 108 valence electrons. The van der Waals surface area contributed by atoms with Crippen molar-refractivity contribution in [3.8, 4) is 0 Å². The van der Waals surface area contributed by atoms with Crippen molar-refractivity contribution in [1.29, 1.82) is 0 Å². The van der Waals surface area contributed by atoms with Crippen molar-refractivity contribution in [2.24, 2.45) is 11.3 Å². The predicted octanol–water partition coefficient (Wildman–Crippen LogP) is 3.55. The number of carbonyl (C=O) groups is 1. The van der Waals surface area contributed by atoms with Gasteiger partial charge in [-0.3, -0.25) is 4.79 Å². The van der Waals surface area contributed by atoms with E-state index >= 15 is 0 Å². The van der Waals surface area contributed by atoms with Gasteiger partial charge < -0.3 is 15.3 Å². The molecule has 0 radical (unpaired) electrons. The van der Waals surface area contributed by atoms with Crippen LogP contribution in [0.15, 0.2) is 0 Å². The van der Waals surface area contributed by atoms with Gasteiger partial charge in [0.2, 0.25) is 0 Å². The van der Waals surface area contributed by atoms with E-state index in [0.29, 0.717) is 6.42 Å². The molecule has 0 saturated heterocycles. The molecule has 0 aliphatic heterocycles. The first kappa shape index (κ1) is 23.5. The van der Waals surface area contributed by atoms with Crippen LogP contribution in [0.25, 0.3) is 0 Å². The maximum Gasteiger partial charge on any atom is 0.306 e. The van der Waals surface area contributed by atoms with E-state index in [1.54, 1.807) is 6.92 Å². The summed E-state index contributed by atoms with van der Waals surface area (Å²) < 4.78 is 0. The number of aliphatic carboxylic acids is 1. The van der Waals surface area contributed by atoms with Crippen molar-refractivity contribution in [3.63, 3.8) is 0 Å².